The number of aromatic nitrogens is 1. The summed E-state index contributed by atoms with van der Waals surface area (Å²) < 4.78 is 76.7. The minimum atomic E-state index is -4.64. The number of halogens is 5. The van der Waals surface area contributed by atoms with Gasteiger partial charge in [0.2, 0.25) is 15.9 Å². The number of carbonyl (C=O) groups excluding carboxylic acids is 1. The van der Waals surface area contributed by atoms with Crippen molar-refractivity contribution < 1.29 is 30.8 Å². The summed E-state index contributed by atoms with van der Waals surface area (Å²) in [6.45, 7) is 2.89. The molecule has 12 heteroatoms. The number of carbonyl (C=O) groups is 1. The summed E-state index contributed by atoms with van der Waals surface area (Å²) in [6, 6.07) is 4.11. The SMILES string of the molecule is CC(C)(C(=O)Nc1ncc(C(F)(F)F)cc1Cl)c1ccc(NS(C)(=O)=O)c(F)c1. The van der Waals surface area contributed by atoms with Crippen LogP contribution in [0.25, 0.3) is 0 Å². The van der Waals surface area contributed by atoms with Gasteiger partial charge in [-0.15, -0.1) is 0 Å². The van der Waals surface area contributed by atoms with Crippen LogP contribution >= 0.6 is 11.6 Å². The first-order valence-electron chi connectivity index (χ1n) is 7.93. The minimum Gasteiger partial charge on any atom is -0.309 e. The molecule has 1 aromatic heterocycles. The van der Waals surface area contributed by atoms with E-state index in [0.29, 0.717) is 12.3 Å². The Bertz CT molecular complexity index is 1060. The van der Waals surface area contributed by atoms with Crippen LogP contribution in [0.4, 0.5) is 29.1 Å². The van der Waals surface area contributed by atoms with Crippen LogP contribution in [0.15, 0.2) is 30.5 Å². The Kier molecular flexibility index (Phi) is 6.15. The normalized spacial score (nSPS) is 12.6. The molecule has 2 rings (SSSR count). The third kappa shape index (κ3) is 5.57. The average Bonchev–Trinajstić information content (AvgIpc) is 2.56. The Hall–Kier alpha value is -2.40. The second-order valence-electron chi connectivity index (χ2n) is 6.70. The molecular weight excluding hydrogens is 438 g/mol. The van der Waals surface area contributed by atoms with E-state index in [-0.39, 0.29) is 17.1 Å². The standard InChI is InChI=1S/C17H16ClF4N3O3S/c1-16(2,9-4-5-13(12(19)7-9)25-29(3,27)28)15(26)24-14-11(18)6-10(8-23-14)17(20,21)22/h4-8,25H,1-3H3,(H,23,24,26). The monoisotopic (exact) mass is 453 g/mol. The molecule has 0 saturated carbocycles. The lowest BCUT2D eigenvalue weighted by Gasteiger charge is -2.25. The zero-order valence-corrected chi connectivity index (χ0v) is 16.9. The third-order valence-corrected chi connectivity index (χ3v) is 4.83. The van der Waals surface area contributed by atoms with Gasteiger partial charge in [0.1, 0.15) is 5.82 Å². The Balaban J connectivity index is 2.27. The highest BCUT2D eigenvalue weighted by molar-refractivity contribution is 7.92. The molecule has 1 amide bonds. The van der Waals surface area contributed by atoms with Crippen molar-refractivity contribution >= 4 is 39.0 Å². The molecule has 1 aromatic carbocycles. The van der Waals surface area contributed by atoms with E-state index in [1.807, 2.05) is 4.72 Å². The fourth-order valence-electron chi connectivity index (χ4n) is 2.27. The van der Waals surface area contributed by atoms with Crippen LogP contribution in [0.2, 0.25) is 5.02 Å². The van der Waals surface area contributed by atoms with Gasteiger partial charge in [0, 0.05) is 6.20 Å². The number of pyridine rings is 1. The molecule has 158 valence electrons. The molecule has 2 aromatic rings. The highest BCUT2D eigenvalue weighted by Gasteiger charge is 2.34. The van der Waals surface area contributed by atoms with E-state index in [1.54, 1.807) is 0 Å². The third-order valence-electron chi connectivity index (χ3n) is 3.95. The highest BCUT2D eigenvalue weighted by atomic mass is 35.5. The van der Waals surface area contributed by atoms with Gasteiger partial charge < -0.3 is 5.32 Å². The molecule has 2 N–H and O–H groups in total. The molecule has 0 aliphatic rings. The second kappa shape index (κ2) is 7.79. The van der Waals surface area contributed by atoms with Gasteiger partial charge in [-0.2, -0.15) is 13.2 Å². The first kappa shape index (κ1) is 22.9. The molecule has 0 unspecified atom stereocenters. The molecule has 0 aliphatic carbocycles. The second-order valence-corrected chi connectivity index (χ2v) is 8.86. The smallest absolute Gasteiger partial charge is 0.309 e. The Morgan fingerprint density at radius 2 is 1.76 bits per heavy atom. The Labute approximate surface area is 169 Å². The Morgan fingerprint density at radius 3 is 2.24 bits per heavy atom. The van der Waals surface area contributed by atoms with Gasteiger partial charge in [0.25, 0.3) is 0 Å². The van der Waals surface area contributed by atoms with Crippen molar-refractivity contribution in [2.45, 2.75) is 25.4 Å². The van der Waals surface area contributed by atoms with Gasteiger partial charge in [-0.1, -0.05) is 17.7 Å². The number of rotatable bonds is 5. The van der Waals surface area contributed by atoms with Crippen molar-refractivity contribution in [3.05, 3.63) is 52.4 Å². The topological polar surface area (TPSA) is 88.2 Å². The summed E-state index contributed by atoms with van der Waals surface area (Å²) in [5.41, 5.74) is -2.52. The predicted octanol–water partition coefficient (Wildman–Crippen LogP) is 4.18. The number of sulfonamides is 1. The van der Waals surface area contributed by atoms with Crippen molar-refractivity contribution in [1.29, 1.82) is 0 Å². The number of hydrogen-bond donors (Lipinski definition) is 2. The maximum atomic E-state index is 14.2. The molecule has 0 aliphatic heterocycles. The van der Waals surface area contributed by atoms with Crippen LogP contribution in [-0.4, -0.2) is 25.6 Å². The van der Waals surface area contributed by atoms with E-state index in [4.69, 9.17) is 11.6 Å². The van der Waals surface area contributed by atoms with Crippen molar-refractivity contribution in [2.75, 3.05) is 16.3 Å². The molecule has 1 heterocycles. The largest absolute Gasteiger partial charge is 0.417 e. The van der Waals surface area contributed by atoms with Crippen LogP contribution in [0.5, 0.6) is 0 Å². The van der Waals surface area contributed by atoms with E-state index in [1.165, 1.54) is 19.9 Å². The zero-order valence-electron chi connectivity index (χ0n) is 15.4. The van der Waals surface area contributed by atoms with Crippen LogP contribution in [0.1, 0.15) is 25.0 Å². The lowest BCUT2D eigenvalue weighted by Crippen LogP contribution is -2.35. The van der Waals surface area contributed by atoms with Gasteiger partial charge in [0.05, 0.1) is 27.9 Å². The van der Waals surface area contributed by atoms with Crippen LogP contribution in [-0.2, 0) is 26.4 Å². The zero-order chi connectivity index (χ0) is 22.2. The number of hydrogen-bond acceptors (Lipinski definition) is 4. The lowest BCUT2D eigenvalue weighted by atomic mass is 9.83. The molecule has 0 bridgehead atoms. The van der Waals surface area contributed by atoms with Gasteiger partial charge in [-0.25, -0.2) is 17.8 Å². The van der Waals surface area contributed by atoms with Gasteiger partial charge in [-0.3, -0.25) is 9.52 Å². The summed E-state index contributed by atoms with van der Waals surface area (Å²) in [4.78, 5) is 16.2. The first-order valence-corrected chi connectivity index (χ1v) is 10.2. The number of nitrogens with zero attached hydrogens (tertiary/aromatic N) is 1. The quantitative estimate of drug-likeness (QED) is 0.665. The number of anilines is 2. The van der Waals surface area contributed by atoms with Gasteiger partial charge in [0.15, 0.2) is 5.82 Å². The number of benzene rings is 1. The molecule has 0 radical (unpaired) electrons. The van der Waals surface area contributed by atoms with Crippen molar-refractivity contribution in [3.63, 3.8) is 0 Å². The molecule has 29 heavy (non-hydrogen) atoms. The molecule has 0 fully saturated rings. The average molecular weight is 454 g/mol. The van der Waals surface area contributed by atoms with Gasteiger partial charge in [-0.05, 0) is 37.6 Å². The van der Waals surface area contributed by atoms with Crippen LogP contribution < -0.4 is 10.0 Å². The van der Waals surface area contributed by atoms with Crippen molar-refractivity contribution in [3.8, 4) is 0 Å². The van der Waals surface area contributed by atoms with E-state index >= 15 is 0 Å². The summed E-state index contributed by atoms with van der Waals surface area (Å²) in [5.74, 6) is -1.90. The van der Waals surface area contributed by atoms with E-state index in [9.17, 15) is 30.8 Å². The number of alkyl halides is 3. The summed E-state index contributed by atoms with van der Waals surface area (Å²) >= 11 is 5.78. The van der Waals surface area contributed by atoms with E-state index in [2.05, 4.69) is 10.3 Å². The van der Waals surface area contributed by atoms with Crippen LogP contribution in [0.3, 0.4) is 0 Å². The predicted molar refractivity (Wildman–Crippen MR) is 101 cm³/mol. The maximum absolute atomic E-state index is 14.2. The first-order chi connectivity index (χ1) is 13.1. The molecule has 0 saturated heterocycles. The van der Waals surface area contributed by atoms with Crippen molar-refractivity contribution in [1.82, 2.24) is 4.98 Å². The summed E-state index contributed by atoms with van der Waals surface area (Å²) in [6.07, 6.45) is -3.25. The minimum absolute atomic E-state index is 0.189. The fraction of sp³-hybridized carbons (Fsp3) is 0.294. The summed E-state index contributed by atoms with van der Waals surface area (Å²) in [5, 5.41) is 1.90. The maximum Gasteiger partial charge on any atom is 0.417 e. The summed E-state index contributed by atoms with van der Waals surface area (Å²) in [7, 11) is -3.70. The lowest BCUT2D eigenvalue weighted by molar-refractivity contribution is -0.137. The van der Waals surface area contributed by atoms with Crippen molar-refractivity contribution in [2.24, 2.45) is 0 Å². The molecular formula is C17H16ClF4N3O3S. The number of nitrogens with one attached hydrogen (secondary N) is 2. The number of amides is 1. The molecule has 6 nitrogen and oxygen atoms in total. The van der Waals surface area contributed by atoms with E-state index in [0.717, 1.165) is 18.4 Å². The fourth-order valence-corrected chi connectivity index (χ4v) is 3.04. The molecule has 0 atom stereocenters. The van der Waals surface area contributed by atoms with Gasteiger partial charge >= 0.3 is 6.18 Å². The molecule has 0 spiro atoms. The van der Waals surface area contributed by atoms with E-state index < -0.39 is 43.9 Å². The highest BCUT2D eigenvalue weighted by Crippen LogP contribution is 2.33. The Morgan fingerprint density at radius 1 is 1.14 bits per heavy atom. The van der Waals surface area contributed by atoms with Crippen LogP contribution in [0, 0.1) is 5.82 Å².